The first-order chi connectivity index (χ1) is 13.7. The largest absolute Gasteiger partial charge is 0.497 e. The minimum absolute atomic E-state index is 0.146. The summed E-state index contributed by atoms with van der Waals surface area (Å²) >= 11 is 0. The fourth-order valence-corrected chi connectivity index (χ4v) is 2.84. The summed E-state index contributed by atoms with van der Waals surface area (Å²) in [6.07, 6.45) is 0. The van der Waals surface area contributed by atoms with Gasteiger partial charge in [-0.05, 0) is 42.7 Å². The van der Waals surface area contributed by atoms with Crippen LogP contribution in [0.2, 0.25) is 0 Å². The molecule has 2 aromatic carbocycles. The molecule has 0 aliphatic carbocycles. The van der Waals surface area contributed by atoms with Crippen LogP contribution in [0, 0.1) is 11.7 Å². The van der Waals surface area contributed by atoms with E-state index >= 15 is 0 Å². The normalized spacial score (nSPS) is 12.8. The quantitative estimate of drug-likeness (QED) is 0.709. The lowest BCUT2D eigenvalue weighted by Crippen LogP contribution is -2.50. The highest BCUT2D eigenvalue weighted by Crippen LogP contribution is 2.23. The van der Waals surface area contributed by atoms with Crippen molar-refractivity contribution in [2.24, 2.45) is 5.92 Å². The predicted octanol–water partition coefficient (Wildman–Crippen LogP) is 3.47. The molecule has 2 aromatic rings. The average molecular weight is 402 g/mol. The highest BCUT2D eigenvalue weighted by Gasteiger charge is 2.26. The van der Waals surface area contributed by atoms with Crippen LogP contribution < -0.4 is 20.1 Å². The fraction of sp³-hybridized carbons (Fsp3) is 0.364. The van der Waals surface area contributed by atoms with E-state index in [1.54, 1.807) is 37.3 Å². The van der Waals surface area contributed by atoms with Gasteiger partial charge in [-0.2, -0.15) is 0 Å². The van der Waals surface area contributed by atoms with Crippen molar-refractivity contribution in [1.29, 1.82) is 0 Å². The van der Waals surface area contributed by atoms with Crippen molar-refractivity contribution in [3.63, 3.8) is 0 Å². The molecule has 0 aromatic heterocycles. The van der Waals surface area contributed by atoms with Crippen molar-refractivity contribution in [2.45, 2.75) is 32.9 Å². The van der Waals surface area contributed by atoms with Gasteiger partial charge in [0.15, 0.2) is 0 Å². The maximum absolute atomic E-state index is 13.1. The van der Waals surface area contributed by atoms with Crippen LogP contribution in [0.25, 0.3) is 0 Å². The van der Waals surface area contributed by atoms with Crippen LogP contribution in [-0.2, 0) is 4.79 Å². The van der Waals surface area contributed by atoms with Gasteiger partial charge in [-0.15, -0.1) is 0 Å². The standard InChI is InChI=1S/C22H27FN2O4/c1-13(2)20(22(27)24-14(3)15-6-8-17(23)9-7-15)25-21(26)16-10-18(28-4)12-19(11-16)29-5/h6-14,20H,1-5H3,(H,24,27)(H,25,26). The lowest BCUT2D eigenvalue weighted by atomic mass is 10.0. The summed E-state index contributed by atoms with van der Waals surface area (Å²) in [6.45, 7) is 5.50. The average Bonchev–Trinajstić information content (AvgIpc) is 2.71. The van der Waals surface area contributed by atoms with Crippen molar-refractivity contribution in [3.05, 3.63) is 59.4 Å². The van der Waals surface area contributed by atoms with Gasteiger partial charge in [0, 0.05) is 11.6 Å². The van der Waals surface area contributed by atoms with E-state index in [-0.39, 0.29) is 23.7 Å². The number of hydrogen-bond acceptors (Lipinski definition) is 4. The smallest absolute Gasteiger partial charge is 0.252 e. The molecule has 156 valence electrons. The van der Waals surface area contributed by atoms with Gasteiger partial charge in [-0.3, -0.25) is 9.59 Å². The van der Waals surface area contributed by atoms with Crippen LogP contribution in [0.1, 0.15) is 42.7 Å². The molecular weight excluding hydrogens is 375 g/mol. The first kappa shape index (κ1) is 22.2. The minimum atomic E-state index is -0.748. The van der Waals surface area contributed by atoms with Crippen molar-refractivity contribution >= 4 is 11.8 Å². The van der Waals surface area contributed by atoms with Crippen LogP contribution in [0.4, 0.5) is 4.39 Å². The Bertz CT molecular complexity index is 830. The van der Waals surface area contributed by atoms with Crippen LogP contribution in [0.15, 0.2) is 42.5 Å². The van der Waals surface area contributed by atoms with Gasteiger partial charge < -0.3 is 20.1 Å². The minimum Gasteiger partial charge on any atom is -0.497 e. The van der Waals surface area contributed by atoms with Crippen LogP contribution in [-0.4, -0.2) is 32.1 Å². The molecule has 2 rings (SSSR count). The summed E-state index contributed by atoms with van der Waals surface area (Å²) in [6, 6.07) is 9.65. The molecule has 2 unspecified atom stereocenters. The number of nitrogens with one attached hydrogen (secondary N) is 2. The summed E-state index contributed by atoms with van der Waals surface area (Å²) in [5, 5.41) is 5.65. The van der Waals surface area contributed by atoms with Gasteiger partial charge >= 0.3 is 0 Å². The second kappa shape index (κ2) is 9.91. The van der Waals surface area contributed by atoms with Gasteiger partial charge in [0.1, 0.15) is 23.4 Å². The van der Waals surface area contributed by atoms with Crippen LogP contribution in [0.5, 0.6) is 11.5 Å². The number of amides is 2. The molecule has 0 saturated heterocycles. The molecule has 7 heteroatoms. The van der Waals surface area contributed by atoms with E-state index in [4.69, 9.17) is 9.47 Å². The van der Waals surface area contributed by atoms with Crippen molar-refractivity contribution in [2.75, 3.05) is 14.2 Å². The third-order valence-corrected chi connectivity index (χ3v) is 4.58. The first-order valence-corrected chi connectivity index (χ1v) is 9.35. The molecule has 0 aliphatic heterocycles. The Morgan fingerprint density at radius 2 is 1.45 bits per heavy atom. The Hall–Kier alpha value is -3.09. The summed E-state index contributed by atoms with van der Waals surface area (Å²) in [4.78, 5) is 25.5. The molecule has 2 atom stereocenters. The summed E-state index contributed by atoms with van der Waals surface area (Å²) in [5.74, 6) is -0.263. The monoisotopic (exact) mass is 402 g/mol. The topological polar surface area (TPSA) is 76.7 Å². The maximum Gasteiger partial charge on any atom is 0.252 e. The zero-order valence-electron chi connectivity index (χ0n) is 17.3. The SMILES string of the molecule is COc1cc(OC)cc(C(=O)NC(C(=O)NC(C)c2ccc(F)cc2)C(C)C)c1. The second-order valence-electron chi connectivity index (χ2n) is 7.08. The number of hydrogen-bond donors (Lipinski definition) is 2. The lowest BCUT2D eigenvalue weighted by Gasteiger charge is -2.24. The van der Waals surface area contributed by atoms with E-state index in [1.165, 1.54) is 26.4 Å². The highest BCUT2D eigenvalue weighted by atomic mass is 19.1. The summed E-state index contributed by atoms with van der Waals surface area (Å²) in [7, 11) is 3.00. The molecular formula is C22H27FN2O4. The predicted molar refractivity (Wildman–Crippen MR) is 109 cm³/mol. The Morgan fingerprint density at radius 1 is 0.897 bits per heavy atom. The van der Waals surface area contributed by atoms with Gasteiger partial charge in [0.2, 0.25) is 5.91 Å². The molecule has 0 aliphatic rings. The third kappa shape index (κ3) is 5.94. The highest BCUT2D eigenvalue weighted by molar-refractivity contribution is 5.98. The number of rotatable bonds is 8. The number of benzene rings is 2. The van der Waals surface area contributed by atoms with E-state index in [2.05, 4.69) is 10.6 Å². The van der Waals surface area contributed by atoms with Crippen LogP contribution in [0.3, 0.4) is 0 Å². The van der Waals surface area contributed by atoms with E-state index in [1.807, 2.05) is 13.8 Å². The number of halogens is 1. The van der Waals surface area contributed by atoms with Gasteiger partial charge in [0.25, 0.3) is 5.91 Å². The number of carbonyl (C=O) groups excluding carboxylic acids is 2. The Morgan fingerprint density at radius 3 is 1.93 bits per heavy atom. The molecule has 0 radical (unpaired) electrons. The van der Waals surface area contributed by atoms with Crippen molar-refractivity contribution < 1.29 is 23.5 Å². The van der Waals surface area contributed by atoms with Gasteiger partial charge in [0.05, 0.1) is 20.3 Å². The Balaban J connectivity index is 2.13. The molecule has 0 fully saturated rings. The molecule has 2 amide bonds. The lowest BCUT2D eigenvalue weighted by molar-refractivity contribution is -0.124. The van der Waals surface area contributed by atoms with Gasteiger partial charge in [-0.1, -0.05) is 26.0 Å². The molecule has 0 spiro atoms. The molecule has 0 saturated carbocycles. The Labute approximate surface area is 170 Å². The summed E-state index contributed by atoms with van der Waals surface area (Å²) < 4.78 is 23.5. The van der Waals surface area contributed by atoms with E-state index in [0.29, 0.717) is 17.1 Å². The van der Waals surface area contributed by atoms with Crippen molar-refractivity contribution in [3.8, 4) is 11.5 Å². The zero-order chi connectivity index (χ0) is 21.6. The van der Waals surface area contributed by atoms with E-state index in [0.717, 1.165) is 5.56 Å². The van der Waals surface area contributed by atoms with E-state index in [9.17, 15) is 14.0 Å². The zero-order valence-corrected chi connectivity index (χ0v) is 17.3. The van der Waals surface area contributed by atoms with Gasteiger partial charge in [-0.25, -0.2) is 4.39 Å². The molecule has 0 heterocycles. The summed E-state index contributed by atoms with van der Waals surface area (Å²) in [5.41, 5.74) is 1.09. The third-order valence-electron chi connectivity index (χ3n) is 4.58. The molecule has 0 bridgehead atoms. The van der Waals surface area contributed by atoms with Crippen LogP contribution >= 0.6 is 0 Å². The molecule has 2 N–H and O–H groups in total. The van der Waals surface area contributed by atoms with E-state index < -0.39 is 11.9 Å². The van der Waals surface area contributed by atoms with Crippen molar-refractivity contribution in [1.82, 2.24) is 10.6 Å². The first-order valence-electron chi connectivity index (χ1n) is 9.35. The molecule has 29 heavy (non-hydrogen) atoms. The second-order valence-corrected chi connectivity index (χ2v) is 7.08. The molecule has 6 nitrogen and oxygen atoms in total. The maximum atomic E-state index is 13.1. The number of methoxy groups -OCH3 is 2. The fourth-order valence-electron chi connectivity index (χ4n) is 2.84. The Kier molecular flexibility index (Phi) is 7.59. The number of ether oxygens (including phenoxy) is 2. The number of carbonyl (C=O) groups is 2.